The van der Waals surface area contributed by atoms with Gasteiger partial charge in [0.1, 0.15) is 0 Å². The van der Waals surface area contributed by atoms with E-state index in [1.54, 1.807) is 0 Å². The van der Waals surface area contributed by atoms with E-state index in [1.807, 2.05) is 0 Å². The molecule has 2 fully saturated rings. The quantitative estimate of drug-likeness (QED) is 0.497. The van der Waals surface area contributed by atoms with Crippen LogP contribution < -0.4 is 0 Å². The molecule has 2 aromatic rings. The van der Waals surface area contributed by atoms with E-state index in [1.165, 1.54) is 92.4 Å². The minimum atomic E-state index is 0.489. The van der Waals surface area contributed by atoms with Gasteiger partial charge in [-0.3, -0.25) is 0 Å². The van der Waals surface area contributed by atoms with Gasteiger partial charge in [-0.25, -0.2) is 0 Å². The van der Waals surface area contributed by atoms with Gasteiger partial charge in [0.25, 0.3) is 0 Å². The van der Waals surface area contributed by atoms with Crippen LogP contribution in [0.15, 0.2) is 42.5 Å². The summed E-state index contributed by atoms with van der Waals surface area (Å²) in [5.74, 6) is 3.24. The van der Waals surface area contributed by atoms with E-state index in [-0.39, 0.29) is 0 Å². The highest BCUT2D eigenvalue weighted by atomic mass is 32.2. The van der Waals surface area contributed by atoms with Gasteiger partial charge in [0.15, 0.2) is 0 Å². The van der Waals surface area contributed by atoms with Crippen molar-refractivity contribution in [2.45, 2.75) is 51.0 Å². The molecule has 0 spiro atoms. The third-order valence-electron chi connectivity index (χ3n) is 6.36. The molecular formula is C25H35NOS. The molecule has 2 aliphatic rings. The third kappa shape index (κ3) is 5.75. The Morgan fingerprint density at radius 2 is 1.86 bits per heavy atom. The standard InChI is InChI=1S/C25H35NOS/c1-4-13-26(14-5-1)15-17-28-20-21(19-24-11-7-16-27-24)18-23-10-6-9-22-8-2-3-12-25(22)23/h2-3,6,8-10,12,21,24H,1,4-5,7,11,13-20H2. The molecule has 2 saturated heterocycles. The highest BCUT2D eigenvalue weighted by molar-refractivity contribution is 7.99. The summed E-state index contributed by atoms with van der Waals surface area (Å²) in [5, 5.41) is 2.80. The lowest BCUT2D eigenvalue weighted by Gasteiger charge is -2.26. The second-order valence-electron chi connectivity index (χ2n) is 8.56. The summed E-state index contributed by atoms with van der Waals surface area (Å²) >= 11 is 2.17. The number of nitrogens with zero attached hydrogens (tertiary/aromatic N) is 1. The molecule has 2 aliphatic heterocycles. The van der Waals surface area contributed by atoms with Crippen LogP contribution in [0.5, 0.6) is 0 Å². The average Bonchev–Trinajstić information content (AvgIpc) is 3.25. The predicted molar refractivity (Wildman–Crippen MR) is 122 cm³/mol. The van der Waals surface area contributed by atoms with Crippen LogP contribution in [0.25, 0.3) is 10.8 Å². The van der Waals surface area contributed by atoms with Gasteiger partial charge in [-0.1, -0.05) is 48.9 Å². The summed E-state index contributed by atoms with van der Waals surface area (Å²) < 4.78 is 5.99. The molecule has 152 valence electrons. The topological polar surface area (TPSA) is 12.5 Å². The summed E-state index contributed by atoms with van der Waals surface area (Å²) in [6, 6.07) is 15.6. The number of benzene rings is 2. The van der Waals surface area contributed by atoms with Crippen molar-refractivity contribution in [1.29, 1.82) is 0 Å². The van der Waals surface area contributed by atoms with Crippen molar-refractivity contribution in [3.63, 3.8) is 0 Å². The van der Waals surface area contributed by atoms with Crippen molar-refractivity contribution < 1.29 is 4.74 Å². The molecular weight excluding hydrogens is 362 g/mol. The first-order valence-corrected chi connectivity index (χ1v) is 12.4. The lowest BCUT2D eigenvalue weighted by molar-refractivity contribution is 0.0924. The summed E-state index contributed by atoms with van der Waals surface area (Å²) in [6.45, 7) is 4.87. The highest BCUT2D eigenvalue weighted by Gasteiger charge is 2.22. The monoisotopic (exact) mass is 397 g/mol. The third-order valence-corrected chi connectivity index (χ3v) is 7.54. The lowest BCUT2D eigenvalue weighted by atomic mass is 9.91. The Morgan fingerprint density at radius 1 is 1.00 bits per heavy atom. The number of thioether (sulfide) groups is 1. The fourth-order valence-electron chi connectivity index (χ4n) is 4.82. The Hall–Kier alpha value is -1.03. The molecule has 0 N–H and O–H groups in total. The van der Waals surface area contributed by atoms with Crippen molar-refractivity contribution in [1.82, 2.24) is 4.90 Å². The number of hydrogen-bond acceptors (Lipinski definition) is 3. The second kappa shape index (κ2) is 10.7. The van der Waals surface area contributed by atoms with Crippen LogP contribution in [0.4, 0.5) is 0 Å². The molecule has 0 aromatic heterocycles. The molecule has 0 amide bonds. The Bertz CT molecular complexity index is 716. The zero-order chi connectivity index (χ0) is 19.0. The van der Waals surface area contributed by atoms with E-state index < -0.39 is 0 Å². The molecule has 0 bridgehead atoms. The number of fused-ring (bicyclic) bond motifs is 1. The number of piperidine rings is 1. The Morgan fingerprint density at radius 3 is 2.71 bits per heavy atom. The summed E-state index contributed by atoms with van der Waals surface area (Å²) in [6.07, 6.45) is 9.61. The fraction of sp³-hybridized carbons (Fsp3) is 0.600. The van der Waals surface area contributed by atoms with Crippen LogP contribution in [-0.4, -0.2) is 48.8 Å². The van der Waals surface area contributed by atoms with Crippen LogP contribution in [0, 0.1) is 5.92 Å². The number of hydrogen-bond donors (Lipinski definition) is 0. The van der Waals surface area contributed by atoms with E-state index in [4.69, 9.17) is 4.74 Å². The van der Waals surface area contributed by atoms with E-state index in [0.717, 1.165) is 6.61 Å². The molecule has 2 unspecified atom stereocenters. The first-order valence-electron chi connectivity index (χ1n) is 11.3. The van der Waals surface area contributed by atoms with Crippen LogP contribution in [0.1, 0.15) is 44.1 Å². The zero-order valence-electron chi connectivity index (χ0n) is 17.2. The van der Waals surface area contributed by atoms with Gasteiger partial charge in [-0.2, -0.15) is 11.8 Å². The normalized spacial score (nSPS) is 21.9. The molecule has 2 aromatic carbocycles. The molecule has 0 radical (unpaired) electrons. The molecule has 2 heterocycles. The Labute approximate surface area is 175 Å². The van der Waals surface area contributed by atoms with Crippen molar-refractivity contribution in [2.75, 3.05) is 37.7 Å². The van der Waals surface area contributed by atoms with E-state index in [9.17, 15) is 0 Å². The largest absolute Gasteiger partial charge is 0.378 e. The van der Waals surface area contributed by atoms with Crippen molar-refractivity contribution in [3.05, 3.63) is 48.0 Å². The van der Waals surface area contributed by atoms with Crippen molar-refractivity contribution in [3.8, 4) is 0 Å². The Kier molecular flexibility index (Phi) is 7.71. The number of rotatable bonds is 9. The van der Waals surface area contributed by atoms with Crippen LogP contribution in [0.2, 0.25) is 0 Å². The fourth-order valence-corrected chi connectivity index (χ4v) is 5.96. The lowest BCUT2D eigenvalue weighted by Crippen LogP contribution is -2.31. The average molecular weight is 398 g/mol. The number of likely N-dealkylation sites (tertiary alicyclic amines) is 1. The molecule has 0 aliphatic carbocycles. The molecule has 0 saturated carbocycles. The summed E-state index contributed by atoms with van der Waals surface area (Å²) in [7, 11) is 0. The Balaban J connectivity index is 1.35. The maximum atomic E-state index is 5.99. The van der Waals surface area contributed by atoms with E-state index in [2.05, 4.69) is 59.1 Å². The van der Waals surface area contributed by atoms with Crippen molar-refractivity contribution >= 4 is 22.5 Å². The minimum Gasteiger partial charge on any atom is -0.378 e. The van der Waals surface area contributed by atoms with E-state index >= 15 is 0 Å². The van der Waals surface area contributed by atoms with Gasteiger partial charge in [0, 0.05) is 18.9 Å². The minimum absolute atomic E-state index is 0.489. The smallest absolute Gasteiger partial charge is 0.0579 e. The predicted octanol–water partition coefficient (Wildman–Crippen LogP) is 5.79. The van der Waals surface area contributed by atoms with Gasteiger partial charge in [0.2, 0.25) is 0 Å². The first kappa shape index (κ1) is 20.3. The van der Waals surface area contributed by atoms with Gasteiger partial charge >= 0.3 is 0 Å². The maximum absolute atomic E-state index is 5.99. The zero-order valence-corrected chi connectivity index (χ0v) is 18.0. The van der Waals surface area contributed by atoms with Gasteiger partial charge < -0.3 is 9.64 Å². The molecule has 28 heavy (non-hydrogen) atoms. The van der Waals surface area contributed by atoms with Crippen molar-refractivity contribution in [2.24, 2.45) is 5.92 Å². The molecule has 4 rings (SSSR count). The van der Waals surface area contributed by atoms with Crippen LogP contribution in [0.3, 0.4) is 0 Å². The summed E-state index contributed by atoms with van der Waals surface area (Å²) in [4.78, 5) is 2.66. The SMILES string of the molecule is c1ccc2c(CC(CSCCN3CCCCC3)CC3CCCO3)cccc2c1. The van der Waals surface area contributed by atoms with E-state index in [0.29, 0.717) is 12.0 Å². The van der Waals surface area contributed by atoms with Gasteiger partial charge in [-0.15, -0.1) is 0 Å². The van der Waals surface area contributed by atoms with Gasteiger partial charge in [-0.05, 0) is 79.6 Å². The molecule has 2 nitrogen and oxygen atoms in total. The maximum Gasteiger partial charge on any atom is 0.0579 e. The second-order valence-corrected chi connectivity index (χ2v) is 9.71. The van der Waals surface area contributed by atoms with Gasteiger partial charge in [0.05, 0.1) is 6.10 Å². The summed E-state index contributed by atoms with van der Waals surface area (Å²) in [5.41, 5.74) is 1.51. The highest BCUT2D eigenvalue weighted by Crippen LogP contribution is 2.28. The number of ether oxygens (including phenoxy) is 1. The molecule has 3 heteroatoms. The van der Waals surface area contributed by atoms with Crippen LogP contribution >= 0.6 is 11.8 Å². The molecule has 2 atom stereocenters. The first-order chi connectivity index (χ1) is 13.9. The van der Waals surface area contributed by atoms with Crippen LogP contribution in [-0.2, 0) is 11.2 Å².